The number of rotatable bonds is 5. The van der Waals surface area contributed by atoms with Crippen LogP contribution in [0.2, 0.25) is 0 Å². The fraction of sp³-hybridized carbons (Fsp3) is 0.333. The Morgan fingerprint density at radius 1 is 1.21 bits per heavy atom. The van der Waals surface area contributed by atoms with Gasteiger partial charge in [-0.2, -0.15) is 10.2 Å². The van der Waals surface area contributed by atoms with Crippen molar-refractivity contribution in [2.45, 2.75) is 25.6 Å². The first-order chi connectivity index (χ1) is 13.6. The first-order valence-electron chi connectivity index (χ1n) is 9.47. The van der Waals surface area contributed by atoms with Gasteiger partial charge in [0.2, 0.25) is 0 Å². The van der Waals surface area contributed by atoms with Gasteiger partial charge in [0.25, 0.3) is 0 Å². The molecule has 2 aromatic heterocycles. The van der Waals surface area contributed by atoms with Crippen LogP contribution in [0, 0.1) is 5.82 Å². The fourth-order valence-corrected chi connectivity index (χ4v) is 3.56. The molecule has 1 atom stereocenters. The van der Waals surface area contributed by atoms with Crippen molar-refractivity contribution in [3.8, 4) is 0 Å². The van der Waals surface area contributed by atoms with Gasteiger partial charge in [-0.15, -0.1) is 0 Å². The SMILES string of the molecule is Cn1nccc1[C@@H](O)c1cc2n(n1)CCCN(C/C=C/c1ccc(F)cc1)C2. The number of aliphatic hydroxyl groups excluding tert-OH is 1. The van der Waals surface area contributed by atoms with Crippen molar-refractivity contribution in [3.63, 3.8) is 0 Å². The zero-order valence-electron chi connectivity index (χ0n) is 15.9. The molecule has 0 unspecified atom stereocenters. The Balaban J connectivity index is 1.44. The van der Waals surface area contributed by atoms with Crippen LogP contribution in [0.1, 0.15) is 35.2 Å². The maximum atomic E-state index is 13.0. The van der Waals surface area contributed by atoms with Gasteiger partial charge in [-0.25, -0.2) is 4.39 Å². The van der Waals surface area contributed by atoms with Crippen LogP contribution in [0.15, 0.2) is 48.7 Å². The van der Waals surface area contributed by atoms with Crippen molar-refractivity contribution < 1.29 is 9.50 Å². The summed E-state index contributed by atoms with van der Waals surface area (Å²) in [5.41, 5.74) is 3.47. The summed E-state index contributed by atoms with van der Waals surface area (Å²) < 4.78 is 16.7. The molecule has 0 saturated heterocycles. The zero-order valence-corrected chi connectivity index (χ0v) is 15.9. The minimum atomic E-state index is -0.779. The lowest BCUT2D eigenvalue weighted by Gasteiger charge is -2.17. The molecular weight excluding hydrogens is 357 g/mol. The molecule has 7 heteroatoms. The van der Waals surface area contributed by atoms with Gasteiger partial charge in [0, 0.05) is 39.4 Å². The Morgan fingerprint density at radius 2 is 2.04 bits per heavy atom. The minimum Gasteiger partial charge on any atom is -0.380 e. The number of halogens is 1. The Labute approximate surface area is 163 Å². The second-order valence-electron chi connectivity index (χ2n) is 7.11. The number of hydrogen-bond donors (Lipinski definition) is 1. The Hall–Kier alpha value is -2.77. The van der Waals surface area contributed by atoms with Gasteiger partial charge in [0.05, 0.1) is 17.1 Å². The molecule has 4 rings (SSSR count). The summed E-state index contributed by atoms with van der Waals surface area (Å²) in [5, 5.41) is 19.4. The molecule has 146 valence electrons. The van der Waals surface area contributed by atoms with Gasteiger partial charge in [-0.1, -0.05) is 24.3 Å². The van der Waals surface area contributed by atoms with Crippen molar-refractivity contribution in [1.82, 2.24) is 24.5 Å². The van der Waals surface area contributed by atoms with Crippen LogP contribution in [-0.4, -0.2) is 42.7 Å². The molecule has 1 aliphatic heterocycles. The van der Waals surface area contributed by atoms with Crippen molar-refractivity contribution in [1.29, 1.82) is 0 Å². The van der Waals surface area contributed by atoms with Crippen LogP contribution in [0.25, 0.3) is 6.08 Å². The number of aromatic nitrogens is 4. The van der Waals surface area contributed by atoms with Gasteiger partial charge < -0.3 is 5.11 Å². The van der Waals surface area contributed by atoms with Crippen molar-refractivity contribution in [2.75, 3.05) is 13.1 Å². The summed E-state index contributed by atoms with van der Waals surface area (Å²) in [6, 6.07) is 10.3. The number of hydrogen-bond acceptors (Lipinski definition) is 4. The predicted molar refractivity (Wildman–Crippen MR) is 105 cm³/mol. The van der Waals surface area contributed by atoms with Gasteiger partial charge in [-0.3, -0.25) is 14.3 Å². The normalized spacial score (nSPS) is 16.2. The molecule has 6 nitrogen and oxygen atoms in total. The number of fused-ring (bicyclic) bond motifs is 1. The van der Waals surface area contributed by atoms with Crippen LogP contribution < -0.4 is 0 Å². The Morgan fingerprint density at radius 3 is 2.79 bits per heavy atom. The number of aliphatic hydroxyl groups is 1. The van der Waals surface area contributed by atoms with Gasteiger partial charge >= 0.3 is 0 Å². The van der Waals surface area contributed by atoms with Crippen molar-refractivity contribution in [3.05, 3.63) is 77.1 Å². The van der Waals surface area contributed by atoms with E-state index >= 15 is 0 Å². The van der Waals surface area contributed by atoms with E-state index in [-0.39, 0.29) is 5.82 Å². The largest absolute Gasteiger partial charge is 0.380 e. The first kappa shape index (κ1) is 18.6. The van der Waals surface area contributed by atoms with Crippen LogP contribution >= 0.6 is 0 Å². The molecule has 28 heavy (non-hydrogen) atoms. The molecule has 3 aromatic rings. The second-order valence-corrected chi connectivity index (χ2v) is 7.11. The van der Waals surface area contributed by atoms with Crippen LogP contribution in [-0.2, 0) is 20.1 Å². The molecule has 3 heterocycles. The van der Waals surface area contributed by atoms with Crippen LogP contribution in [0.3, 0.4) is 0 Å². The molecule has 0 bridgehead atoms. The van der Waals surface area contributed by atoms with E-state index in [4.69, 9.17) is 0 Å². The fourth-order valence-electron chi connectivity index (χ4n) is 3.56. The predicted octanol–water partition coefficient (Wildman–Crippen LogP) is 2.76. The number of benzene rings is 1. The maximum absolute atomic E-state index is 13.0. The molecule has 0 radical (unpaired) electrons. The van der Waals surface area contributed by atoms with E-state index in [1.54, 1.807) is 23.0 Å². The molecule has 1 N–H and O–H groups in total. The van der Waals surface area contributed by atoms with Crippen molar-refractivity contribution in [2.24, 2.45) is 7.05 Å². The van der Waals surface area contributed by atoms with Gasteiger partial charge in [-0.05, 0) is 36.2 Å². The third kappa shape index (κ3) is 4.05. The average Bonchev–Trinajstić information content (AvgIpc) is 3.24. The van der Waals surface area contributed by atoms with E-state index < -0.39 is 6.10 Å². The molecule has 0 spiro atoms. The number of aryl methyl sites for hydroxylation is 2. The third-order valence-electron chi connectivity index (χ3n) is 5.08. The highest BCUT2D eigenvalue weighted by molar-refractivity contribution is 5.48. The highest BCUT2D eigenvalue weighted by Gasteiger charge is 2.21. The standard InChI is InChI=1S/C21H24FN5O/c1-25-20(9-10-23-25)21(28)19-14-18-15-26(12-3-13-27(18)24-19)11-2-4-16-5-7-17(22)8-6-16/h2,4-10,14,21,28H,3,11-13,15H2,1H3/b4-2+/t21-/m0/s1. The van der Waals surface area contributed by atoms with E-state index in [1.165, 1.54) is 12.1 Å². The van der Waals surface area contributed by atoms with Crippen LogP contribution in [0.4, 0.5) is 4.39 Å². The maximum Gasteiger partial charge on any atom is 0.139 e. The van der Waals surface area contributed by atoms with Gasteiger partial charge in [0.15, 0.2) is 0 Å². The minimum absolute atomic E-state index is 0.220. The molecule has 0 fully saturated rings. The monoisotopic (exact) mass is 381 g/mol. The lowest BCUT2D eigenvalue weighted by molar-refractivity contribution is 0.203. The van der Waals surface area contributed by atoms with E-state index in [1.807, 2.05) is 29.9 Å². The average molecular weight is 381 g/mol. The summed E-state index contributed by atoms with van der Waals surface area (Å²) in [7, 11) is 1.81. The molecule has 0 saturated carbocycles. The van der Waals surface area contributed by atoms with E-state index in [0.717, 1.165) is 49.6 Å². The smallest absolute Gasteiger partial charge is 0.139 e. The van der Waals surface area contributed by atoms with E-state index in [2.05, 4.69) is 21.2 Å². The summed E-state index contributed by atoms with van der Waals surface area (Å²) in [6.45, 7) is 3.41. The highest BCUT2D eigenvalue weighted by atomic mass is 19.1. The highest BCUT2D eigenvalue weighted by Crippen LogP contribution is 2.23. The molecule has 1 aliphatic rings. The zero-order chi connectivity index (χ0) is 19.5. The Bertz CT molecular complexity index is 960. The Kier molecular flexibility index (Phi) is 5.36. The second kappa shape index (κ2) is 8.08. The summed E-state index contributed by atoms with van der Waals surface area (Å²) >= 11 is 0. The first-order valence-corrected chi connectivity index (χ1v) is 9.47. The summed E-state index contributed by atoms with van der Waals surface area (Å²) in [6.07, 6.45) is 6.01. The summed E-state index contributed by atoms with van der Waals surface area (Å²) in [4.78, 5) is 2.35. The molecule has 0 aliphatic carbocycles. The molecule has 0 amide bonds. The third-order valence-corrected chi connectivity index (χ3v) is 5.08. The lowest BCUT2D eigenvalue weighted by atomic mass is 10.2. The quantitative estimate of drug-likeness (QED) is 0.738. The van der Waals surface area contributed by atoms with Crippen LogP contribution in [0.5, 0.6) is 0 Å². The van der Waals surface area contributed by atoms with E-state index in [0.29, 0.717) is 5.69 Å². The topological polar surface area (TPSA) is 59.1 Å². The molecule has 1 aromatic carbocycles. The number of nitrogens with zero attached hydrogens (tertiary/aromatic N) is 5. The van der Waals surface area contributed by atoms with Gasteiger partial charge in [0.1, 0.15) is 11.9 Å². The summed E-state index contributed by atoms with van der Waals surface area (Å²) in [5.74, 6) is -0.220. The lowest BCUT2D eigenvalue weighted by Crippen LogP contribution is -2.23. The van der Waals surface area contributed by atoms with E-state index in [9.17, 15) is 9.50 Å². The molecular formula is C21H24FN5O. The van der Waals surface area contributed by atoms with Crippen molar-refractivity contribution >= 4 is 6.08 Å².